The second-order valence-corrected chi connectivity index (χ2v) is 10.0. The topological polar surface area (TPSA) is 121 Å². The van der Waals surface area contributed by atoms with Crippen LogP contribution in [0.15, 0.2) is 61.3 Å². The van der Waals surface area contributed by atoms with Crippen molar-refractivity contribution in [2.75, 3.05) is 33.8 Å². The fourth-order valence-corrected chi connectivity index (χ4v) is 4.65. The average molecular weight is 552 g/mol. The first-order valence-corrected chi connectivity index (χ1v) is 13.4. The van der Waals surface area contributed by atoms with Gasteiger partial charge in [0.15, 0.2) is 5.82 Å². The molecule has 0 aliphatic heterocycles. The van der Waals surface area contributed by atoms with Gasteiger partial charge >= 0.3 is 0 Å². The molecule has 0 unspecified atom stereocenters. The molecule has 208 valence electrons. The minimum atomic E-state index is -0.391. The van der Waals surface area contributed by atoms with Crippen molar-refractivity contribution < 1.29 is 9.13 Å². The SMILES string of the molecule is CCNCc1cncc(-c2cc3c(-c4nc5c(-c6cc(F)cc(OCCN(C)C)c6)cncc5[nH]4)n[nH]c3cn2)c1. The molecule has 0 radical (unpaired) electrons. The Morgan fingerprint density at radius 3 is 2.68 bits per heavy atom. The van der Waals surface area contributed by atoms with E-state index in [2.05, 4.69) is 48.4 Å². The molecule has 0 aliphatic carbocycles. The van der Waals surface area contributed by atoms with Crippen LogP contribution in [-0.4, -0.2) is 73.8 Å². The summed E-state index contributed by atoms with van der Waals surface area (Å²) in [5.41, 5.74) is 6.90. The molecule has 41 heavy (non-hydrogen) atoms. The highest BCUT2D eigenvalue weighted by Gasteiger charge is 2.17. The van der Waals surface area contributed by atoms with Gasteiger partial charge in [-0.1, -0.05) is 6.92 Å². The van der Waals surface area contributed by atoms with E-state index in [0.717, 1.165) is 47.4 Å². The molecule has 5 aromatic heterocycles. The van der Waals surface area contributed by atoms with Gasteiger partial charge in [-0.05, 0) is 56.0 Å². The van der Waals surface area contributed by atoms with Crippen molar-refractivity contribution in [3.8, 4) is 39.7 Å². The number of halogens is 1. The van der Waals surface area contributed by atoms with Gasteiger partial charge in [0.1, 0.15) is 23.9 Å². The number of imidazole rings is 1. The van der Waals surface area contributed by atoms with Gasteiger partial charge in [-0.3, -0.25) is 20.1 Å². The molecule has 0 atom stereocenters. The number of nitrogens with zero attached hydrogens (tertiary/aromatic N) is 6. The van der Waals surface area contributed by atoms with Crippen LogP contribution in [0.1, 0.15) is 12.5 Å². The minimum absolute atomic E-state index is 0.391. The van der Waals surface area contributed by atoms with Crippen LogP contribution in [0.2, 0.25) is 0 Å². The number of pyridine rings is 3. The number of likely N-dealkylation sites (N-methyl/N-ethyl adjacent to an activating group) is 1. The van der Waals surface area contributed by atoms with Gasteiger partial charge in [0, 0.05) is 54.3 Å². The normalized spacial score (nSPS) is 11.6. The lowest BCUT2D eigenvalue weighted by Gasteiger charge is -2.12. The van der Waals surface area contributed by atoms with Crippen molar-refractivity contribution in [3.63, 3.8) is 0 Å². The van der Waals surface area contributed by atoms with Crippen LogP contribution in [0.3, 0.4) is 0 Å². The Labute approximate surface area is 236 Å². The molecule has 1 aromatic carbocycles. The highest BCUT2D eigenvalue weighted by atomic mass is 19.1. The predicted molar refractivity (Wildman–Crippen MR) is 157 cm³/mol. The zero-order chi connectivity index (χ0) is 28.3. The molecular weight excluding hydrogens is 521 g/mol. The Morgan fingerprint density at radius 2 is 1.83 bits per heavy atom. The molecule has 0 saturated carbocycles. The van der Waals surface area contributed by atoms with Crippen LogP contribution in [0, 0.1) is 5.82 Å². The van der Waals surface area contributed by atoms with Crippen molar-refractivity contribution in [2.24, 2.45) is 0 Å². The van der Waals surface area contributed by atoms with Crippen molar-refractivity contribution in [2.45, 2.75) is 13.5 Å². The first-order chi connectivity index (χ1) is 20.0. The van der Waals surface area contributed by atoms with Gasteiger partial charge in [0.2, 0.25) is 0 Å². The molecule has 3 N–H and O–H groups in total. The van der Waals surface area contributed by atoms with Gasteiger partial charge in [-0.25, -0.2) is 9.37 Å². The van der Waals surface area contributed by atoms with Gasteiger partial charge < -0.3 is 19.9 Å². The summed E-state index contributed by atoms with van der Waals surface area (Å²) in [6.45, 7) is 4.86. The maximum Gasteiger partial charge on any atom is 0.159 e. The van der Waals surface area contributed by atoms with Crippen molar-refractivity contribution in [1.29, 1.82) is 0 Å². The summed E-state index contributed by atoms with van der Waals surface area (Å²) in [6.07, 6.45) is 8.81. The van der Waals surface area contributed by atoms with Crippen LogP contribution in [0.5, 0.6) is 5.75 Å². The van der Waals surface area contributed by atoms with Crippen LogP contribution in [0.25, 0.3) is 55.8 Å². The second kappa shape index (κ2) is 11.4. The number of hydrogen-bond donors (Lipinski definition) is 3. The summed E-state index contributed by atoms with van der Waals surface area (Å²) in [4.78, 5) is 23.6. The standard InChI is InChI=1S/C30H30FN9O/c1-4-32-12-18-7-20(14-33-13-18)25-11-23-26(17-35-25)38-39-29(23)30-36-27-16-34-15-24(28(27)37-30)19-8-21(31)10-22(9-19)41-6-5-40(2)3/h7-11,13-17,32H,4-6,12H2,1-3H3,(H,36,37)(H,38,39). The molecule has 0 saturated heterocycles. The Balaban J connectivity index is 1.37. The van der Waals surface area contributed by atoms with E-state index in [0.29, 0.717) is 46.0 Å². The average Bonchev–Trinajstić information content (AvgIpc) is 3.59. The van der Waals surface area contributed by atoms with E-state index in [9.17, 15) is 4.39 Å². The molecule has 6 aromatic rings. The molecule has 6 rings (SSSR count). The van der Waals surface area contributed by atoms with Crippen LogP contribution >= 0.6 is 0 Å². The Kier molecular flexibility index (Phi) is 7.36. The molecule has 11 heteroatoms. The monoisotopic (exact) mass is 551 g/mol. The third-order valence-electron chi connectivity index (χ3n) is 6.73. The largest absolute Gasteiger partial charge is 0.492 e. The molecule has 0 spiro atoms. The predicted octanol–water partition coefficient (Wildman–Crippen LogP) is 4.81. The Morgan fingerprint density at radius 1 is 0.951 bits per heavy atom. The first kappa shape index (κ1) is 26.5. The fraction of sp³-hybridized carbons (Fsp3) is 0.233. The highest BCUT2D eigenvalue weighted by molar-refractivity contribution is 5.97. The van der Waals surface area contributed by atoms with Crippen molar-refractivity contribution >= 4 is 21.9 Å². The lowest BCUT2D eigenvalue weighted by atomic mass is 10.1. The summed E-state index contributed by atoms with van der Waals surface area (Å²) >= 11 is 0. The highest BCUT2D eigenvalue weighted by Crippen LogP contribution is 2.33. The number of H-pyrrole nitrogens is 2. The fourth-order valence-electron chi connectivity index (χ4n) is 4.65. The van der Waals surface area contributed by atoms with Crippen LogP contribution in [0.4, 0.5) is 4.39 Å². The van der Waals surface area contributed by atoms with E-state index >= 15 is 0 Å². The van der Waals surface area contributed by atoms with E-state index in [1.165, 1.54) is 12.1 Å². The molecule has 0 amide bonds. The molecule has 0 bridgehead atoms. The lowest BCUT2D eigenvalue weighted by molar-refractivity contribution is 0.260. The maximum absolute atomic E-state index is 14.6. The van der Waals surface area contributed by atoms with E-state index in [4.69, 9.17) is 9.72 Å². The Hall–Kier alpha value is -4.74. The first-order valence-electron chi connectivity index (χ1n) is 13.4. The van der Waals surface area contributed by atoms with E-state index < -0.39 is 5.82 Å². The van der Waals surface area contributed by atoms with Gasteiger partial charge in [-0.15, -0.1) is 0 Å². The smallest absolute Gasteiger partial charge is 0.159 e. The number of hydrogen-bond acceptors (Lipinski definition) is 8. The third kappa shape index (κ3) is 5.63. The van der Waals surface area contributed by atoms with E-state index in [-0.39, 0.29) is 0 Å². The maximum atomic E-state index is 14.6. The Bertz CT molecular complexity index is 1830. The van der Waals surface area contributed by atoms with Crippen molar-refractivity contribution in [3.05, 3.63) is 72.7 Å². The zero-order valence-electron chi connectivity index (χ0n) is 23.1. The number of ether oxygens (including phenoxy) is 1. The second-order valence-electron chi connectivity index (χ2n) is 10.0. The summed E-state index contributed by atoms with van der Waals surface area (Å²) in [5.74, 6) is 0.630. The number of benzene rings is 1. The summed E-state index contributed by atoms with van der Waals surface area (Å²) in [7, 11) is 3.92. The third-order valence-corrected chi connectivity index (χ3v) is 6.73. The summed E-state index contributed by atoms with van der Waals surface area (Å²) in [6, 6.07) is 8.72. The van der Waals surface area contributed by atoms with Gasteiger partial charge in [0.25, 0.3) is 0 Å². The van der Waals surface area contributed by atoms with Gasteiger partial charge in [0.05, 0.1) is 34.6 Å². The van der Waals surface area contributed by atoms with Crippen LogP contribution in [-0.2, 0) is 6.54 Å². The number of fused-ring (bicyclic) bond motifs is 2. The summed E-state index contributed by atoms with van der Waals surface area (Å²) in [5, 5.41) is 11.8. The molecule has 5 heterocycles. The number of rotatable bonds is 10. The molecule has 0 aliphatic rings. The number of nitrogens with one attached hydrogen (secondary N) is 3. The molecule has 10 nitrogen and oxygen atoms in total. The number of aromatic nitrogens is 7. The van der Waals surface area contributed by atoms with E-state index in [1.807, 2.05) is 37.3 Å². The lowest BCUT2D eigenvalue weighted by Crippen LogP contribution is -2.19. The molecule has 0 fully saturated rings. The summed E-state index contributed by atoms with van der Waals surface area (Å²) < 4.78 is 20.4. The van der Waals surface area contributed by atoms with Crippen LogP contribution < -0.4 is 10.1 Å². The van der Waals surface area contributed by atoms with Gasteiger partial charge in [-0.2, -0.15) is 5.10 Å². The zero-order valence-corrected chi connectivity index (χ0v) is 23.1. The molecular formula is C30H30FN9O. The minimum Gasteiger partial charge on any atom is -0.492 e. The quantitative estimate of drug-likeness (QED) is 0.222. The van der Waals surface area contributed by atoms with Crippen molar-refractivity contribution in [1.82, 2.24) is 45.3 Å². The van der Waals surface area contributed by atoms with E-state index in [1.54, 1.807) is 24.8 Å². The number of aromatic amines is 2.